The quantitative estimate of drug-likeness (QED) is 0.822. The number of hydrogen-bond donors (Lipinski definition) is 1. The number of benzene rings is 2. The van der Waals surface area contributed by atoms with Crippen LogP contribution in [0.4, 0.5) is 11.4 Å². The van der Waals surface area contributed by atoms with Crippen LogP contribution in [0, 0.1) is 0 Å². The minimum Gasteiger partial charge on any atom is -0.377 e. The van der Waals surface area contributed by atoms with Crippen molar-refractivity contribution in [2.75, 3.05) is 24.3 Å². The fraction of sp³-hybridized carbons (Fsp3) is 0.333. The van der Waals surface area contributed by atoms with Crippen molar-refractivity contribution >= 4 is 23.0 Å². The molecule has 2 aromatic rings. The molecule has 1 atom stereocenters. The third-order valence-corrected chi connectivity index (χ3v) is 3.94. The predicted octanol–water partition coefficient (Wildman–Crippen LogP) is 5.14. The Morgan fingerprint density at radius 2 is 1.76 bits per heavy atom. The first-order valence-electron chi connectivity index (χ1n) is 7.33. The molecule has 0 fully saturated rings. The topological polar surface area (TPSA) is 15.3 Å². The van der Waals surface area contributed by atoms with Gasteiger partial charge in [-0.05, 0) is 42.7 Å². The number of nitrogens with one attached hydrogen (secondary N) is 1. The zero-order valence-electron chi connectivity index (χ0n) is 13.2. The molecule has 1 N–H and O–H groups in total. The highest BCUT2D eigenvalue weighted by atomic mass is 35.5. The van der Waals surface area contributed by atoms with Gasteiger partial charge in [0.25, 0.3) is 0 Å². The average Bonchev–Trinajstić information content (AvgIpc) is 2.47. The molecule has 2 aromatic carbocycles. The number of halogens is 1. The van der Waals surface area contributed by atoms with E-state index < -0.39 is 0 Å². The molecule has 0 aliphatic heterocycles. The van der Waals surface area contributed by atoms with Crippen molar-refractivity contribution < 1.29 is 0 Å². The Morgan fingerprint density at radius 3 is 2.33 bits per heavy atom. The molecule has 0 bridgehead atoms. The van der Waals surface area contributed by atoms with Crippen LogP contribution < -0.4 is 10.2 Å². The molecule has 1 unspecified atom stereocenters. The van der Waals surface area contributed by atoms with Gasteiger partial charge in [-0.3, -0.25) is 0 Å². The van der Waals surface area contributed by atoms with Crippen molar-refractivity contribution in [3.63, 3.8) is 0 Å². The lowest BCUT2D eigenvalue weighted by molar-refractivity contribution is 0.881. The molecule has 3 heteroatoms. The van der Waals surface area contributed by atoms with Gasteiger partial charge in [-0.2, -0.15) is 0 Å². The van der Waals surface area contributed by atoms with Gasteiger partial charge < -0.3 is 10.2 Å². The minimum absolute atomic E-state index is 0.230. The van der Waals surface area contributed by atoms with Gasteiger partial charge in [-0.1, -0.05) is 42.8 Å². The molecule has 0 heterocycles. The van der Waals surface area contributed by atoms with Crippen molar-refractivity contribution in [2.45, 2.75) is 26.3 Å². The molecular weight excluding hydrogens is 280 g/mol. The second kappa shape index (κ2) is 6.86. The van der Waals surface area contributed by atoms with Crippen LogP contribution in [0.25, 0.3) is 0 Å². The third-order valence-electron chi connectivity index (χ3n) is 3.70. The van der Waals surface area contributed by atoms with E-state index >= 15 is 0 Å². The van der Waals surface area contributed by atoms with Gasteiger partial charge in [-0.25, -0.2) is 0 Å². The SMILES string of the molecule is CCc1ccc(C(C)Nc2cc(Cl)ccc2N(C)C)cc1. The summed E-state index contributed by atoms with van der Waals surface area (Å²) in [5.74, 6) is 0. The molecule has 0 aliphatic rings. The lowest BCUT2D eigenvalue weighted by atomic mass is 10.0. The van der Waals surface area contributed by atoms with Crippen molar-refractivity contribution in [3.8, 4) is 0 Å². The Hall–Kier alpha value is -1.67. The van der Waals surface area contributed by atoms with Crippen LogP contribution >= 0.6 is 11.6 Å². The Balaban J connectivity index is 2.21. The molecule has 0 amide bonds. The van der Waals surface area contributed by atoms with Crippen molar-refractivity contribution in [1.82, 2.24) is 0 Å². The highest BCUT2D eigenvalue weighted by molar-refractivity contribution is 6.31. The normalized spacial score (nSPS) is 12.0. The summed E-state index contributed by atoms with van der Waals surface area (Å²) in [7, 11) is 4.07. The zero-order valence-corrected chi connectivity index (χ0v) is 13.9. The van der Waals surface area contributed by atoms with Gasteiger partial charge in [0.2, 0.25) is 0 Å². The first-order chi connectivity index (χ1) is 10.0. The summed E-state index contributed by atoms with van der Waals surface area (Å²) in [6.45, 7) is 4.34. The Morgan fingerprint density at radius 1 is 1.10 bits per heavy atom. The zero-order chi connectivity index (χ0) is 15.4. The van der Waals surface area contributed by atoms with Gasteiger partial charge in [0.1, 0.15) is 0 Å². The molecule has 0 saturated heterocycles. The van der Waals surface area contributed by atoms with Crippen LogP contribution in [0.15, 0.2) is 42.5 Å². The summed E-state index contributed by atoms with van der Waals surface area (Å²) in [4.78, 5) is 2.09. The highest BCUT2D eigenvalue weighted by Gasteiger charge is 2.10. The smallest absolute Gasteiger partial charge is 0.0598 e. The van der Waals surface area contributed by atoms with Crippen molar-refractivity contribution in [1.29, 1.82) is 0 Å². The molecule has 0 aromatic heterocycles. The summed E-state index contributed by atoms with van der Waals surface area (Å²) >= 11 is 6.13. The summed E-state index contributed by atoms with van der Waals surface area (Å²) < 4.78 is 0. The summed E-state index contributed by atoms with van der Waals surface area (Å²) in [6.07, 6.45) is 1.07. The Kier molecular flexibility index (Phi) is 5.13. The molecule has 0 aliphatic carbocycles. The summed E-state index contributed by atoms with van der Waals surface area (Å²) in [5.41, 5.74) is 4.83. The monoisotopic (exact) mass is 302 g/mol. The standard InChI is InChI=1S/C18H23ClN2/c1-5-14-6-8-15(9-7-14)13(2)20-17-12-16(19)10-11-18(17)21(3)4/h6-13,20H,5H2,1-4H3. The molecular formula is C18H23ClN2. The van der Waals surface area contributed by atoms with Gasteiger partial charge >= 0.3 is 0 Å². The van der Waals surface area contributed by atoms with Crippen molar-refractivity contribution in [3.05, 3.63) is 58.6 Å². The van der Waals surface area contributed by atoms with Crippen LogP contribution in [0.5, 0.6) is 0 Å². The lowest BCUT2D eigenvalue weighted by Crippen LogP contribution is -2.14. The van der Waals surface area contributed by atoms with Crippen LogP contribution in [-0.4, -0.2) is 14.1 Å². The van der Waals surface area contributed by atoms with E-state index in [2.05, 4.69) is 48.3 Å². The van der Waals surface area contributed by atoms with Crippen molar-refractivity contribution in [2.24, 2.45) is 0 Å². The maximum Gasteiger partial charge on any atom is 0.0598 e. The van der Waals surface area contributed by atoms with Gasteiger partial charge in [0.15, 0.2) is 0 Å². The second-order valence-corrected chi connectivity index (χ2v) is 5.95. The maximum absolute atomic E-state index is 6.13. The maximum atomic E-state index is 6.13. The Bertz CT molecular complexity index is 591. The molecule has 21 heavy (non-hydrogen) atoms. The summed E-state index contributed by atoms with van der Waals surface area (Å²) in [5, 5.41) is 4.31. The van der Waals surface area contributed by atoms with E-state index in [-0.39, 0.29) is 6.04 Å². The second-order valence-electron chi connectivity index (χ2n) is 5.52. The van der Waals surface area contributed by atoms with E-state index in [0.717, 1.165) is 22.8 Å². The molecule has 0 radical (unpaired) electrons. The number of nitrogens with zero attached hydrogens (tertiary/aromatic N) is 1. The van der Waals surface area contributed by atoms with E-state index in [0.29, 0.717) is 0 Å². The predicted molar refractivity (Wildman–Crippen MR) is 93.6 cm³/mol. The minimum atomic E-state index is 0.230. The fourth-order valence-electron chi connectivity index (χ4n) is 2.37. The first kappa shape index (κ1) is 15.7. The van der Waals surface area contributed by atoms with Gasteiger partial charge in [0, 0.05) is 25.2 Å². The van der Waals surface area contributed by atoms with E-state index in [9.17, 15) is 0 Å². The lowest BCUT2D eigenvalue weighted by Gasteiger charge is -2.22. The number of anilines is 2. The molecule has 2 nitrogen and oxygen atoms in total. The van der Waals surface area contributed by atoms with Gasteiger partial charge in [-0.15, -0.1) is 0 Å². The molecule has 0 saturated carbocycles. The summed E-state index contributed by atoms with van der Waals surface area (Å²) in [6, 6.07) is 14.9. The van der Waals surface area contributed by atoms with E-state index in [1.54, 1.807) is 0 Å². The van der Waals surface area contributed by atoms with Crippen LogP contribution in [0.2, 0.25) is 5.02 Å². The first-order valence-corrected chi connectivity index (χ1v) is 7.71. The number of aryl methyl sites for hydroxylation is 1. The van der Waals surface area contributed by atoms with Crippen LogP contribution in [0.3, 0.4) is 0 Å². The third kappa shape index (κ3) is 3.92. The van der Waals surface area contributed by atoms with Crippen LogP contribution in [0.1, 0.15) is 31.0 Å². The van der Waals surface area contributed by atoms with E-state index in [1.165, 1.54) is 11.1 Å². The highest BCUT2D eigenvalue weighted by Crippen LogP contribution is 2.31. The largest absolute Gasteiger partial charge is 0.377 e. The van der Waals surface area contributed by atoms with Gasteiger partial charge in [0.05, 0.1) is 11.4 Å². The average molecular weight is 303 g/mol. The molecule has 112 valence electrons. The molecule has 2 rings (SSSR count). The van der Waals surface area contributed by atoms with E-state index in [4.69, 9.17) is 11.6 Å². The fourth-order valence-corrected chi connectivity index (χ4v) is 2.54. The van der Waals surface area contributed by atoms with Crippen LogP contribution in [-0.2, 0) is 6.42 Å². The Labute approximate surface area is 132 Å². The number of hydrogen-bond acceptors (Lipinski definition) is 2. The van der Waals surface area contributed by atoms with E-state index in [1.807, 2.05) is 32.3 Å². The number of rotatable bonds is 5. The molecule has 0 spiro atoms.